The molecular weight excluding hydrogens is 633 g/mol. The first-order chi connectivity index (χ1) is 24.6. The first kappa shape index (κ1) is 46.0. The second-order valence-corrected chi connectivity index (χ2v) is 15.3. The average molecular weight is 703 g/mol. The van der Waals surface area contributed by atoms with Gasteiger partial charge >= 0.3 is 0 Å². The molecule has 0 saturated heterocycles. The van der Waals surface area contributed by atoms with E-state index in [2.05, 4.69) is 181 Å². The Balaban J connectivity index is 0.000000325. The van der Waals surface area contributed by atoms with Crippen LogP contribution >= 0.6 is 0 Å². The number of benzene rings is 5. The Morgan fingerprint density at radius 2 is 0.654 bits per heavy atom. The van der Waals surface area contributed by atoms with Gasteiger partial charge in [-0.2, -0.15) is 0 Å². The van der Waals surface area contributed by atoms with Crippen LogP contribution in [-0.4, -0.2) is 10.2 Å². The molecule has 5 rings (SSSR count). The Bertz CT molecular complexity index is 1590. The molecule has 0 unspecified atom stereocenters. The highest BCUT2D eigenvalue weighted by atomic mass is 16.3. The third kappa shape index (κ3) is 19.0. The van der Waals surface area contributed by atoms with Crippen LogP contribution in [0.3, 0.4) is 0 Å². The number of hydrogen-bond acceptors (Lipinski definition) is 2. The van der Waals surface area contributed by atoms with E-state index in [0.717, 1.165) is 11.1 Å². The average Bonchev–Trinajstić information content (AvgIpc) is 3.13. The highest BCUT2D eigenvalue weighted by molar-refractivity contribution is 5.27. The Hall–Kier alpha value is -3.98. The molecular formula is C50H70O2. The summed E-state index contributed by atoms with van der Waals surface area (Å²) in [4.78, 5) is 0. The van der Waals surface area contributed by atoms with Crippen LogP contribution in [0, 0.1) is 20.8 Å². The lowest BCUT2D eigenvalue weighted by Crippen LogP contribution is -1.89. The number of rotatable bonds is 7. The van der Waals surface area contributed by atoms with Gasteiger partial charge in [-0.15, -0.1) is 0 Å². The third-order valence-electron chi connectivity index (χ3n) is 8.79. The predicted molar refractivity (Wildman–Crippen MR) is 229 cm³/mol. The summed E-state index contributed by atoms with van der Waals surface area (Å²) in [6.07, 6.45) is 0. The van der Waals surface area contributed by atoms with E-state index in [1.165, 1.54) is 44.5 Å². The van der Waals surface area contributed by atoms with Gasteiger partial charge in [0.15, 0.2) is 0 Å². The molecule has 5 aromatic carbocycles. The van der Waals surface area contributed by atoms with Crippen LogP contribution in [0.5, 0.6) is 0 Å². The summed E-state index contributed by atoms with van der Waals surface area (Å²) in [7, 11) is 0. The first-order valence-electron chi connectivity index (χ1n) is 19.2. The van der Waals surface area contributed by atoms with Crippen molar-refractivity contribution in [1.29, 1.82) is 0 Å². The molecule has 282 valence electrons. The van der Waals surface area contributed by atoms with Gasteiger partial charge in [0.05, 0.1) is 13.2 Å². The molecule has 0 fully saturated rings. The number of aryl methyl sites for hydroxylation is 3. The largest absolute Gasteiger partial charge is 0.392 e. The van der Waals surface area contributed by atoms with E-state index in [4.69, 9.17) is 10.2 Å². The zero-order chi connectivity index (χ0) is 39.2. The second-order valence-electron chi connectivity index (χ2n) is 15.3. The lowest BCUT2D eigenvalue weighted by molar-refractivity contribution is 0.281. The van der Waals surface area contributed by atoms with Crippen LogP contribution in [0.1, 0.15) is 154 Å². The van der Waals surface area contributed by atoms with E-state index >= 15 is 0 Å². The molecule has 0 bridgehead atoms. The van der Waals surface area contributed by atoms with E-state index < -0.39 is 0 Å². The minimum absolute atomic E-state index is 0.137. The van der Waals surface area contributed by atoms with Gasteiger partial charge < -0.3 is 10.2 Å². The molecule has 2 N–H and O–H groups in total. The normalized spacial score (nSPS) is 10.5. The fourth-order valence-electron chi connectivity index (χ4n) is 5.07. The summed E-state index contributed by atoms with van der Waals surface area (Å²) in [5.41, 5.74) is 12.9. The van der Waals surface area contributed by atoms with Crippen LogP contribution in [0.15, 0.2) is 121 Å². The van der Waals surface area contributed by atoms with Crippen molar-refractivity contribution < 1.29 is 10.2 Å². The number of aliphatic hydroxyl groups is 2. The fourth-order valence-corrected chi connectivity index (χ4v) is 5.07. The maximum atomic E-state index is 8.84. The van der Waals surface area contributed by atoms with Crippen LogP contribution in [0.2, 0.25) is 0 Å². The molecule has 0 aliphatic carbocycles. The van der Waals surface area contributed by atoms with Crippen molar-refractivity contribution in [2.75, 3.05) is 0 Å². The zero-order valence-corrected chi connectivity index (χ0v) is 34.7. The Morgan fingerprint density at radius 3 is 0.962 bits per heavy atom. The Kier molecular flexibility index (Phi) is 22.2. The van der Waals surface area contributed by atoms with Gasteiger partial charge in [-0.1, -0.05) is 207 Å². The van der Waals surface area contributed by atoms with Crippen molar-refractivity contribution in [3.63, 3.8) is 0 Å². The van der Waals surface area contributed by atoms with E-state index in [1.54, 1.807) is 0 Å². The van der Waals surface area contributed by atoms with Crippen molar-refractivity contribution in [2.24, 2.45) is 0 Å². The topological polar surface area (TPSA) is 40.5 Å². The lowest BCUT2D eigenvalue weighted by atomic mass is 10.0. The Morgan fingerprint density at radius 1 is 0.327 bits per heavy atom. The summed E-state index contributed by atoms with van der Waals surface area (Å²) in [6.45, 7) is 28.6. The highest BCUT2D eigenvalue weighted by Crippen LogP contribution is 2.17. The van der Waals surface area contributed by atoms with Crippen molar-refractivity contribution in [2.45, 2.75) is 133 Å². The van der Waals surface area contributed by atoms with Gasteiger partial charge in [-0.05, 0) is 89.3 Å². The van der Waals surface area contributed by atoms with Gasteiger partial charge in [0.25, 0.3) is 0 Å². The van der Waals surface area contributed by atoms with Crippen molar-refractivity contribution in [1.82, 2.24) is 0 Å². The van der Waals surface area contributed by atoms with E-state index in [0.29, 0.717) is 29.6 Å². The van der Waals surface area contributed by atoms with Crippen molar-refractivity contribution in [3.8, 4) is 0 Å². The molecule has 2 nitrogen and oxygen atoms in total. The summed E-state index contributed by atoms with van der Waals surface area (Å²) < 4.78 is 0. The fraction of sp³-hybridized carbons (Fsp3) is 0.400. The van der Waals surface area contributed by atoms with E-state index in [9.17, 15) is 0 Å². The quantitative estimate of drug-likeness (QED) is 0.177. The molecule has 0 amide bonds. The summed E-state index contributed by atoms with van der Waals surface area (Å²) in [5, 5.41) is 17.6. The molecule has 2 heteroatoms. The van der Waals surface area contributed by atoms with Gasteiger partial charge in [-0.25, -0.2) is 0 Å². The molecule has 5 aromatic rings. The summed E-state index contributed by atoms with van der Waals surface area (Å²) >= 11 is 0. The molecule has 0 atom stereocenters. The molecule has 0 aromatic heterocycles. The number of aliphatic hydroxyl groups excluding tert-OH is 2. The monoisotopic (exact) mass is 703 g/mol. The Labute approximate surface area is 319 Å². The van der Waals surface area contributed by atoms with Crippen LogP contribution < -0.4 is 0 Å². The number of hydrogen-bond donors (Lipinski definition) is 2. The van der Waals surface area contributed by atoms with Gasteiger partial charge in [-0.3, -0.25) is 0 Å². The van der Waals surface area contributed by atoms with Crippen LogP contribution in [0.4, 0.5) is 0 Å². The van der Waals surface area contributed by atoms with Gasteiger partial charge in [0.1, 0.15) is 0 Å². The maximum absolute atomic E-state index is 8.84. The van der Waals surface area contributed by atoms with Crippen LogP contribution in [-0.2, 0) is 13.2 Å². The summed E-state index contributed by atoms with van der Waals surface area (Å²) in [5.74, 6) is 3.07. The molecule has 0 spiro atoms. The maximum Gasteiger partial charge on any atom is 0.0681 e. The first-order valence-corrected chi connectivity index (χ1v) is 19.2. The minimum atomic E-state index is 0.137. The van der Waals surface area contributed by atoms with Gasteiger partial charge in [0.2, 0.25) is 0 Å². The minimum Gasteiger partial charge on any atom is -0.392 e. The predicted octanol–water partition coefficient (Wildman–Crippen LogP) is 14.0. The molecule has 0 saturated carbocycles. The molecule has 0 heterocycles. The highest BCUT2D eigenvalue weighted by Gasteiger charge is 2.00. The van der Waals surface area contributed by atoms with E-state index in [-0.39, 0.29) is 13.2 Å². The van der Waals surface area contributed by atoms with Crippen molar-refractivity contribution >= 4 is 0 Å². The molecule has 0 aliphatic heterocycles. The van der Waals surface area contributed by atoms with Crippen molar-refractivity contribution in [3.05, 3.63) is 177 Å². The lowest BCUT2D eigenvalue weighted by Gasteiger charge is -2.05. The second kappa shape index (κ2) is 25.1. The summed E-state index contributed by atoms with van der Waals surface area (Å²) in [6, 6.07) is 42.2. The smallest absolute Gasteiger partial charge is 0.0681 e. The SMILES string of the molecule is CC(C)c1ccc(CO)cc1.CC(C)c1cccc(CO)c1.Cc1ccc(C(C)C)cc1.Cc1cccc(C(C)C)c1.Cc1cccc(C(C)C)c1. The molecule has 0 radical (unpaired) electrons. The third-order valence-corrected chi connectivity index (χ3v) is 8.79. The molecule has 0 aliphatic rings. The zero-order valence-electron chi connectivity index (χ0n) is 34.7. The molecule has 52 heavy (non-hydrogen) atoms. The van der Waals surface area contributed by atoms with Crippen LogP contribution in [0.25, 0.3) is 0 Å². The standard InChI is InChI=1S/2C10H14O.3C10H14/c1-8(2)10-5-3-9(7-11)4-6-10;1-8(2)10-5-3-4-9(6-10)7-11;1-8(2)10-6-4-9(3)5-7-10;2*1-8(2)10-6-4-5-9(3)7-10/h2*3-6,8,11H,7H2,1-2H3;3*4-8H,1-3H3. The van der Waals surface area contributed by atoms with Gasteiger partial charge in [0, 0.05) is 0 Å². The van der Waals surface area contributed by atoms with E-state index in [1.807, 2.05) is 30.3 Å².